The van der Waals surface area contributed by atoms with E-state index in [0.29, 0.717) is 11.8 Å². The molecule has 0 unspecified atom stereocenters. The van der Waals surface area contributed by atoms with Crippen molar-refractivity contribution in [3.05, 3.63) is 11.6 Å². The highest BCUT2D eigenvalue weighted by Gasteiger charge is 2.49. The van der Waals surface area contributed by atoms with E-state index < -0.39 is 0 Å². The maximum Gasteiger partial charge on any atom is 0.330 e. The van der Waals surface area contributed by atoms with E-state index in [1.165, 1.54) is 32.1 Å². The number of esters is 1. The van der Waals surface area contributed by atoms with Gasteiger partial charge in [0.15, 0.2) is 0 Å². The van der Waals surface area contributed by atoms with Crippen LogP contribution in [-0.2, 0) is 9.53 Å². The monoisotopic (exact) mass is 234 g/mol. The number of allylic oxidation sites excluding steroid dienone is 1. The van der Waals surface area contributed by atoms with Crippen LogP contribution < -0.4 is 0 Å². The van der Waals surface area contributed by atoms with Gasteiger partial charge in [0.2, 0.25) is 0 Å². The lowest BCUT2D eigenvalue weighted by molar-refractivity contribution is -0.165. The highest BCUT2D eigenvalue weighted by Crippen LogP contribution is 2.54. The van der Waals surface area contributed by atoms with E-state index in [-0.39, 0.29) is 12.1 Å². The first-order chi connectivity index (χ1) is 8.11. The summed E-state index contributed by atoms with van der Waals surface area (Å²) in [5.74, 6) is 3.09. The smallest absolute Gasteiger partial charge is 0.330 e. The van der Waals surface area contributed by atoms with Crippen LogP contribution in [0.4, 0.5) is 0 Å². The van der Waals surface area contributed by atoms with Crippen molar-refractivity contribution in [1.29, 1.82) is 0 Å². The Hall–Kier alpha value is -0.790. The zero-order valence-electron chi connectivity index (χ0n) is 10.8. The van der Waals surface area contributed by atoms with Gasteiger partial charge in [0.1, 0.15) is 6.10 Å². The lowest BCUT2D eigenvalue weighted by Gasteiger charge is -2.53. The summed E-state index contributed by atoms with van der Waals surface area (Å²) in [7, 11) is 0. The van der Waals surface area contributed by atoms with E-state index >= 15 is 0 Å². The number of carbonyl (C=O) groups is 1. The molecule has 4 rings (SSSR count). The minimum absolute atomic E-state index is 0.123. The van der Waals surface area contributed by atoms with Crippen molar-refractivity contribution >= 4 is 5.97 Å². The molecule has 0 aromatic heterocycles. The highest BCUT2D eigenvalue weighted by molar-refractivity contribution is 5.82. The molecular formula is C15H22O2. The fraction of sp³-hybridized carbons (Fsp3) is 0.800. The molecule has 0 aromatic carbocycles. The molecule has 0 aliphatic heterocycles. The van der Waals surface area contributed by atoms with Gasteiger partial charge in [-0.25, -0.2) is 4.79 Å². The topological polar surface area (TPSA) is 26.3 Å². The van der Waals surface area contributed by atoms with Gasteiger partial charge >= 0.3 is 5.97 Å². The Morgan fingerprint density at radius 3 is 2.00 bits per heavy atom. The molecule has 0 atom stereocenters. The number of rotatable bonds is 2. The standard InChI is InChI=1S/C15H22O2/c1-9(2)3-14(16)17-15-12-5-10-4-11(7-12)8-13(15)6-10/h3,10-13,15H,4-8H2,1-2H3. The van der Waals surface area contributed by atoms with Crippen molar-refractivity contribution in [2.24, 2.45) is 23.7 Å². The quantitative estimate of drug-likeness (QED) is 0.541. The summed E-state index contributed by atoms with van der Waals surface area (Å²) in [5.41, 5.74) is 1.03. The molecule has 4 bridgehead atoms. The molecule has 2 nitrogen and oxygen atoms in total. The summed E-state index contributed by atoms with van der Waals surface area (Å²) in [5, 5.41) is 0. The van der Waals surface area contributed by atoms with Crippen LogP contribution in [0, 0.1) is 23.7 Å². The third kappa shape index (κ3) is 2.14. The Labute approximate surface area is 103 Å². The van der Waals surface area contributed by atoms with Gasteiger partial charge < -0.3 is 4.74 Å². The molecule has 17 heavy (non-hydrogen) atoms. The molecule has 4 saturated carbocycles. The summed E-state index contributed by atoms with van der Waals surface area (Å²) < 4.78 is 5.72. The number of carbonyl (C=O) groups excluding carboxylic acids is 1. The zero-order valence-corrected chi connectivity index (χ0v) is 10.8. The second-order valence-electron chi connectivity index (χ2n) is 6.55. The van der Waals surface area contributed by atoms with Crippen LogP contribution in [0.25, 0.3) is 0 Å². The molecule has 0 aromatic rings. The predicted octanol–water partition coefficient (Wildman–Crippen LogP) is 3.32. The molecule has 4 fully saturated rings. The Bertz CT molecular complexity index is 324. The Morgan fingerprint density at radius 1 is 1.00 bits per heavy atom. The summed E-state index contributed by atoms with van der Waals surface area (Å²) in [6.07, 6.45) is 8.53. The molecule has 0 radical (unpaired) electrons. The van der Waals surface area contributed by atoms with Crippen molar-refractivity contribution < 1.29 is 9.53 Å². The molecule has 0 saturated heterocycles. The van der Waals surface area contributed by atoms with Crippen LogP contribution in [-0.4, -0.2) is 12.1 Å². The molecule has 0 amide bonds. The first-order valence-corrected chi connectivity index (χ1v) is 6.97. The second kappa shape index (κ2) is 4.15. The van der Waals surface area contributed by atoms with E-state index in [1.807, 2.05) is 13.8 Å². The largest absolute Gasteiger partial charge is 0.459 e. The van der Waals surface area contributed by atoms with Crippen LogP contribution in [0.3, 0.4) is 0 Å². The lowest BCUT2D eigenvalue weighted by atomic mass is 9.55. The fourth-order valence-corrected chi connectivity index (χ4v) is 4.47. The third-order valence-electron chi connectivity index (χ3n) is 4.80. The Morgan fingerprint density at radius 2 is 1.53 bits per heavy atom. The minimum Gasteiger partial charge on any atom is -0.459 e. The molecule has 0 N–H and O–H groups in total. The first kappa shape index (κ1) is 11.3. The molecule has 94 valence electrons. The highest BCUT2D eigenvalue weighted by atomic mass is 16.5. The van der Waals surface area contributed by atoms with Crippen molar-refractivity contribution in [3.63, 3.8) is 0 Å². The zero-order chi connectivity index (χ0) is 12.0. The van der Waals surface area contributed by atoms with Crippen LogP contribution in [0.1, 0.15) is 46.0 Å². The van der Waals surface area contributed by atoms with Crippen LogP contribution in [0.5, 0.6) is 0 Å². The Kier molecular flexibility index (Phi) is 2.76. The van der Waals surface area contributed by atoms with Gasteiger partial charge in [0, 0.05) is 6.08 Å². The maximum atomic E-state index is 11.7. The first-order valence-electron chi connectivity index (χ1n) is 6.97. The van der Waals surface area contributed by atoms with E-state index in [4.69, 9.17) is 4.74 Å². The van der Waals surface area contributed by atoms with Gasteiger partial charge in [-0.2, -0.15) is 0 Å². The molecule has 4 aliphatic carbocycles. The van der Waals surface area contributed by atoms with Crippen LogP contribution in [0.15, 0.2) is 11.6 Å². The van der Waals surface area contributed by atoms with Crippen molar-refractivity contribution in [3.8, 4) is 0 Å². The normalized spacial score (nSPS) is 42.4. The molecule has 0 spiro atoms. The van der Waals surface area contributed by atoms with Gasteiger partial charge in [-0.05, 0) is 69.6 Å². The molecular weight excluding hydrogens is 212 g/mol. The van der Waals surface area contributed by atoms with E-state index in [1.54, 1.807) is 6.08 Å². The van der Waals surface area contributed by atoms with E-state index in [2.05, 4.69) is 0 Å². The molecule has 2 heteroatoms. The van der Waals surface area contributed by atoms with Gasteiger partial charge in [-0.15, -0.1) is 0 Å². The van der Waals surface area contributed by atoms with Crippen molar-refractivity contribution in [2.45, 2.75) is 52.1 Å². The average Bonchev–Trinajstić information content (AvgIpc) is 2.21. The fourth-order valence-electron chi connectivity index (χ4n) is 4.47. The van der Waals surface area contributed by atoms with Crippen LogP contribution in [0.2, 0.25) is 0 Å². The summed E-state index contributed by atoms with van der Waals surface area (Å²) in [6, 6.07) is 0. The maximum absolute atomic E-state index is 11.7. The minimum atomic E-state index is -0.123. The van der Waals surface area contributed by atoms with Gasteiger partial charge in [-0.3, -0.25) is 0 Å². The predicted molar refractivity (Wildman–Crippen MR) is 66.4 cm³/mol. The van der Waals surface area contributed by atoms with Crippen molar-refractivity contribution in [2.75, 3.05) is 0 Å². The Balaban J connectivity index is 1.68. The molecule has 4 aliphatic rings. The van der Waals surface area contributed by atoms with Gasteiger partial charge in [0.05, 0.1) is 0 Å². The second-order valence-corrected chi connectivity index (χ2v) is 6.55. The van der Waals surface area contributed by atoms with Crippen LogP contribution >= 0.6 is 0 Å². The number of hydrogen-bond acceptors (Lipinski definition) is 2. The number of hydrogen-bond donors (Lipinski definition) is 0. The average molecular weight is 234 g/mol. The van der Waals surface area contributed by atoms with E-state index in [9.17, 15) is 4.79 Å². The van der Waals surface area contributed by atoms with Gasteiger partial charge in [-0.1, -0.05) is 5.57 Å². The third-order valence-corrected chi connectivity index (χ3v) is 4.80. The van der Waals surface area contributed by atoms with Gasteiger partial charge in [0.25, 0.3) is 0 Å². The summed E-state index contributed by atoms with van der Waals surface area (Å²) >= 11 is 0. The van der Waals surface area contributed by atoms with E-state index in [0.717, 1.165) is 17.4 Å². The SMILES string of the molecule is CC(C)=CC(=O)OC1C2CC3CC(C2)CC1C3. The summed E-state index contributed by atoms with van der Waals surface area (Å²) in [4.78, 5) is 11.7. The molecule has 0 heterocycles. The summed E-state index contributed by atoms with van der Waals surface area (Å²) in [6.45, 7) is 3.89. The van der Waals surface area contributed by atoms with Crippen molar-refractivity contribution in [1.82, 2.24) is 0 Å². The lowest BCUT2D eigenvalue weighted by Crippen LogP contribution is -2.49. The number of ether oxygens (including phenoxy) is 1.